The molecule has 1 saturated heterocycles. The van der Waals surface area contributed by atoms with Crippen molar-refractivity contribution in [2.24, 2.45) is 5.92 Å². The molecule has 2 aliphatic rings. The molecule has 0 spiro atoms. The minimum absolute atomic E-state index is 0.0583. The Bertz CT molecular complexity index is 594. The number of halogens is 1. The number of hydrogen-bond acceptors (Lipinski definition) is 5. The van der Waals surface area contributed by atoms with E-state index in [9.17, 15) is 9.90 Å². The number of likely N-dealkylation sites (tertiary alicyclic amines) is 1. The van der Waals surface area contributed by atoms with Gasteiger partial charge in [-0.2, -0.15) is 0 Å². The Morgan fingerprint density at radius 2 is 2.00 bits per heavy atom. The number of aliphatic hydroxyl groups excluding tert-OH is 2. The average molecular weight is 342 g/mol. The zero-order valence-corrected chi connectivity index (χ0v) is 13.5. The average Bonchev–Trinajstić information content (AvgIpc) is 2.55. The number of rotatable bonds is 3. The number of hydrogen-bond donors (Lipinski definition) is 2. The van der Waals surface area contributed by atoms with Crippen molar-refractivity contribution in [2.75, 3.05) is 32.9 Å². The quantitative estimate of drug-likeness (QED) is 0.852. The minimum Gasteiger partial charge on any atom is -0.486 e. The Morgan fingerprint density at radius 1 is 1.30 bits per heavy atom. The van der Waals surface area contributed by atoms with Gasteiger partial charge in [0.2, 0.25) is 5.91 Å². The first-order valence-corrected chi connectivity index (χ1v) is 8.11. The van der Waals surface area contributed by atoms with Crippen LogP contribution >= 0.6 is 11.6 Å². The molecule has 1 aromatic rings. The van der Waals surface area contributed by atoms with Gasteiger partial charge in [-0.3, -0.25) is 4.79 Å². The molecule has 0 bridgehead atoms. The summed E-state index contributed by atoms with van der Waals surface area (Å²) in [6.07, 6.45) is 0.0537. The van der Waals surface area contributed by atoms with E-state index in [1.807, 2.05) is 0 Å². The fraction of sp³-hybridized carbons (Fsp3) is 0.562. The van der Waals surface area contributed by atoms with E-state index in [-0.39, 0.29) is 31.4 Å². The van der Waals surface area contributed by atoms with Crippen LogP contribution in [0.3, 0.4) is 0 Å². The molecule has 0 unspecified atom stereocenters. The Labute approximate surface area is 139 Å². The standard InChI is InChI=1S/C16H20ClNO5/c17-12-7-15-14(22-3-4-23-15)5-11(12)6-16(21)18-2-1-10(9-19)13(20)8-18/h5,7,10,13,19-20H,1-4,6,8-9H2/t10-,13-/m1/s1. The predicted octanol–water partition coefficient (Wildman–Crippen LogP) is 0.855. The van der Waals surface area contributed by atoms with Crippen LogP contribution in [-0.2, 0) is 11.2 Å². The Hall–Kier alpha value is -1.50. The summed E-state index contributed by atoms with van der Waals surface area (Å²) in [7, 11) is 0. The van der Waals surface area contributed by atoms with E-state index in [0.717, 1.165) is 0 Å². The van der Waals surface area contributed by atoms with Gasteiger partial charge in [0, 0.05) is 36.7 Å². The molecule has 0 aromatic heterocycles. The predicted molar refractivity (Wildman–Crippen MR) is 83.9 cm³/mol. The molecule has 0 aliphatic carbocycles. The second-order valence-electron chi connectivity index (χ2n) is 5.90. The second-order valence-corrected chi connectivity index (χ2v) is 6.31. The van der Waals surface area contributed by atoms with Gasteiger partial charge in [0.25, 0.3) is 0 Å². The number of fused-ring (bicyclic) bond motifs is 1. The summed E-state index contributed by atoms with van der Waals surface area (Å²) in [5, 5.41) is 19.6. The van der Waals surface area contributed by atoms with Crippen molar-refractivity contribution in [1.82, 2.24) is 4.90 Å². The van der Waals surface area contributed by atoms with Crippen molar-refractivity contribution in [1.29, 1.82) is 0 Å². The lowest BCUT2D eigenvalue weighted by atomic mass is 9.94. The van der Waals surface area contributed by atoms with Crippen molar-refractivity contribution in [3.63, 3.8) is 0 Å². The molecular formula is C16H20ClNO5. The van der Waals surface area contributed by atoms with Crippen LogP contribution in [0.25, 0.3) is 0 Å². The summed E-state index contributed by atoms with van der Waals surface area (Å²) in [6, 6.07) is 3.41. The molecule has 2 heterocycles. The highest BCUT2D eigenvalue weighted by Crippen LogP contribution is 2.35. The van der Waals surface area contributed by atoms with E-state index in [2.05, 4.69) is 0 Å². The van der Waals surface area contributed by atoms with E-state index >= 15 is 0 Å². The largest absolute Gasteiger partial charge is 0.486 e. The highest BCUT2D eigenvalue weighted by Gasteiger charge is 2.30. The van der Waals surface area contributed by atoms with E-state index in [0.29, 0.717) is 48.3 Å². The van der Waals surface area contributed by atoms with Crippen LogP contribution in [0.5, 0.6) is 11.5 Å². The number of carbonyl (C=O) groups is 1. The van der Waals surface area contributed by atoms with Gasteiger partial charge in [0.15, 0.2) is 11.5 Å². The van der Waals surface area contributed by atoms with Crippen LogP contribution in [0.15, 0.2) is 12.1 Å². The van der Waals surface area contributed by atoms with Crippen molar-refractivity contribution < 1.29 is 24.5 Å². The van der Waals surface area contributed by atoms with Gasteiger partial charge in [-0.05, 0) is 18.1 Å². The SMILES string of the molecule is O=C(Cc1cc2c(cc1Cl)OCCO2)N1CC[C@H](CO)[C@H](O)C1. The summed E-state index contributed by atoms with van der Waals surface area (Å²) in [5.74, 6) is 0.940. The molecule has 1 fully saturated rings. The normalized spacial score (nSPS) is 23.7. The third kappa shape index (κ3) is 3.54. The maximum absolute atomic E-state index is 12.4. The van der Waals surface area contributed by atoms with Crippen LogP contribution in [0.2, 0.25) is 5.02 Å². The van der Waals surface area contributed by atoms with Gasteiger partial charge in [-0.1, -0.05) is 11.6 Å². The third-order valence-electron chi connectivity index (χ3n) is 4.36. The summed E-state index contributed by atoms with van der Waals surface area (Å²) in [5.41, 5.74) is 0.680. The summed E-state index contributed by atoms with van der Waals surface area (Å²) in [4.78, 5) is 14.1. The van der Waals surface area contributed by atoms with Crippen molar-refractivity contribution in [3.8, 4) is 11.5 Å². The summed E-state index contributed by atoms with van der Waals surface area (Å²) >= 11 is 6.23. The van der Waals surface area contributed by atoms with E-state index in [1.54, 1.807) is 17.0 Å². The third-order valence-corrected chi connectivity index (χ3v) is 4.71. The first-order valence-electron chi connectivity index (χ1n) is 7.73. The number of piperidine rings is 1. The second kappa shape index (κ2) is 6.95. The number of ether oxygens (including phenoxy) is 2. The van der Waals surface area contributed by atoms with Crippen molar-refractivity contribution in [2.45, 2.75) is 18.9 Å². The molecule has 0 saturated carbocycles. The van der Waals surface area contributed by atoms with Crippen molar-refractivity contribution >= 4 is 17.5 Å². The fourth-order valence-corrected chi connectivity index (χ4v) is 3.16. The van der Waals surface area contributed by atoms with Gasteiger partial charge in [0.1, 0.15) is 13.2 Å². The van der Waals surface area contributed by atoms with Crippen molar-refractivity contribution in [3.05, 3.63) is 22.7 Å². The van der Waals surface area contributed by atoms with Crippen LogP contribution < -0.4 is 9.47 Å². The Morgan fingerprint density at radius 3 is 2.65 bits per heavy atom. The molecule has 1 amide bonds. The van der Waals surface area contributed by atoms with Gasteiger partial charge in [0.05, 0.1) is 12.5 Å². The molecule has 23 heavy (non-hydrogen) atoms. The molecule has 2 atom stereocenters. The summed E-state index contributed by atoms with van der Waals surface area (Å²) < 4.78 is 11.0. The lowest BCUT2D eigenvalue weighted by Crippen LogP contribution is -2.48. The lowest BCUT2D eigenvalue weighted by molar-refractivity contribution is -0.135. The maximum Gasteiger partial charge on any atom is 0.227 e. The maximum atomic E-state index is 12.4. The number of carbonyl (C=O) groups excluding carboxylic acids is 1. The highest BCUT2D eigenvalue weighted by molar-refractivity contribution is 6.31. The summed E-state index contributed by atoms with van der Waals surface area (Å²) in [6.45, 7) is 1.68. The van der Waals surface area contributed by atoms with Gasteiger partial charge in [-0.25, -0.2) is 0 Å². The first-order chi connectivity index (χ1) is 11.1. The van der Waals surface area contributed by atoms with E-state index in [4.69, 9.17) is 26.2 Å². The van der Waals surface area contributed by atoms with E-state index < -0.39 is 6.10 Å². The number of nitrogens with zero attached hydrogens (tertiary/aromatic N) is 1. The number of β-amino-alcohol motifs (C(OH)–C–C–N with tert-alkyl or cyclic N) is 1. The van der Waals surface area contributed by atoms with Gasteiger partial charge >= 0.3 is 0 Å². The van der Waals surface area contributed by atoms with Crippen LogP contribution in [0, 0.1) is 5.92 Å². The molecule has 7 heteroatoms. The Kier molecular flexibility index (Phi) is 4.94. The molecule has 3 rings (SSSR count). The Balaban J connectivity index is 1.68. The zero-order chi connectivity index (χ0) is 16.4. The van der Waals surface area contributed by atoms with Gasteiger partial charge in [-0.15, -0.1) is 0 Å². The molecular weight excluding hydrogens is 322 g/mol. The molecule has 6 nitrogen and oxygen atoms in total. The smallest absolute Gasteiger partial charge is 0.227 e. The molecule has 2 aliphatic heterocycles. The molecule has 126 valence electrons. The minimum atomic E-state index is -0.687. The molecule has 1 aromatic carbocycles. The lowest BCUT2D eigenvalue weighted by Gasteiger charge is -2.35. The highest BCUT2D eigenvalue weighted by atomic mass is 35.5. The van der Waals surface area contributed by atoms with Crippen LogP contribution in [0.1, 0.15) is 12.0 Å². The number of amides is 1. The van der Waals surface area contributed by atoms with Crippen LogP contribution in [-0.4, -0.2) is 60.0 Å². The monoisotopic (exact) mass is 341 g/mol. The zero-order valence-electron chi connectivity index (χ0n) is 12.7. The molecule has 2 N–H and O–H groups in total. The van der Waals surface area contributed by atoms with E-state index in [1.165, 1.54) is 0 Å². The van der Waals surface area contributed by atoms with Crippen LogP contribution in [0.4, 0.5) is 0 Å². The fourth-order valence-electron chi connectivity index (χ4n) is 2.94. The number of aliphatic hydroxyl groups is 2. The first kappa shape index (κ1) is 16.4. The topological polar surface area (TPSA) is 79.2 Å². The van der Waals surface area contributed by atoms with Gasteiger partial charge < -0.3 is 24.6 Å². The number of benzene rings is 1. The molecule has 0 radical (unpaired) electrons.